The number of carbonyl (C=O) groups is 1. The average molecular weight is 276 g/mol. The van der Waals surface area contributed by atoms with Gasteiger partial charge < -0.3 is 15.3 Å². The molecule has 0 spiro atoms. The van der Waals surface area contributed by atoms with E-state index in [9.17, 15) is 20.1 Å². The van der Waals surface area contributed by atoms with E-state index in [0.717, 1.165) is 6.07 Å². The number of fused-ring (bicyclic) bond motifs is 1. The highest BCUT2D eigenvalue weighted by Gasteiger charge is 2.17. The van der Waals surface area contributed by atoms with E-state index in [1.807, 2.05) is 0 Å². The van der Waals surface area contributed by atoms with Crippen LogP contribution in [0.25, 0.3) is 10.8 Å². The van der Waals surface area contributed by atoms with Crippen molar-refractivity contribution in [3.8, 4) is 17.2 Å². The maximum atomic E-state index is 11.4. The molecule has 0 aliphatic carbocycles. The van der Waals surface area contributed by atoms with Gasteiger partial charge in [0, 0.05) is 6.07 Å². The molecule has 0 saturated heterocycles. The summed E-state index contributed by atoms with van der Waals surface area (Å²) in [6.45, 7) is 7.29. The summed E-state index contributed by atoms with van der Waals surface area (Å²) in [5.41, 5.74) is 0.797. The number of hydrogen-bond acceptors (Lipinski definition) is 4. The Labute approximate surface area is 118 Å². The van der Waals surface area contributed by atoms with E-state index in [-0.39, 0.29) is 34.0 Å². The summed E-state index contributed by atoms with van der Waals surface area (Å²) in [6, 6.07) is 4.19. The quantitative estimate of drug-likeness (QED) is 0.691. The van der Waals surface area contributed by atoms with Gasteiger partial charge in [-0.15, -0.1) is 0 Å². The molecule has 0 saturated carbocycles. The molecule has 2 rings (SSSR count). The first-order valence-electron chi connectivity index (χ1n) is 6.52. The summed E-state index contributed by atoms with van der Waals surface area (Å²) in [4.78, 5) is 11.4. The van der Waals surface area contributed by atoms with Crippen LogP contribution in [0.2, 0.25) is 0 Å². The van der Waals surface area contributed by atoms with Gasteiger partial charge in [-0.1, -0.05) is 26.3 Å². The van der Waals surface area contributed by atoms with Crippen molar-refractivity contribution in [1.29, 1.82) is 0 Å². The fourth-order valence-electron chi connectivity index (χ4n) is 2.07. The van der Waals surface area contributed by atoms with Crippen LogP contribution in [0.3, 0.4) is 0 Å². The van der Waals surface area contributed by atoms with Crippen LogP contribution in [-0.4, -0.2) is 21.1 Å². The standard InChI is InChI=1S/C13H12O4.C3H8/c1-6-3-8-4-9(15)5-10(16)12(8)13(17)11(6)7(2)14;1-3-2/h3-5,15-17H,1-2H3;3H2,1-2H3. The highest BCUT2D eigenvalue weighted by molar-refractivity contribution is 6.07. The molecule has 3 N–H and O–H groups in total. The molecule has 0 atom stereocenters. The van der Waals surface area contributed by atoms with Crippen LogP contribution < -0.4 is 0 Å². The fraction of sp³-hybridized carbons (Fsp3) is 0.312. The Morgan fingerprint density at radius 3 is 2.15 bits per heavy atom. The van der Waals surface area contributed by atoms with Gasteiger partial charge in [0.15, 0.2) is 5.78 Å². The third-order valence-electron chi connectivity index (χ3n) is 2.72. The Balaban J connectivity index is 0.000000612. The number of benzene rings is 2. The number of aromatic hydroxyl groups is 3. The van der Waals surface area contributed by atoms with Gasteiger partial charge in [-0.25, -0.2) is 0 Å². The number of Topliss-reactive ketones (excluding diaryl/α,β-unsaturated/α-hetero) is 1. The zero-order chi connectivity index (χ0) is 15.4. The lowest BCUT2D eigenvalue weighted by Gasteiger charge is -2.11. The van der Waals surface area contributed by atoms with Crippen molar-refractivity contribution in [2.45, 2.75) is 34.1 Å². The van der Waals surface area contributed by atoms with Crippen LogP contribution in [0, 0.1) is 6.92 Å². The van der Waals surface area contributed by atoms with Crippen molar-refractivity contribution in [3.05, 3.63) is 29.3 Å². The van der Waals surface area contributed by atoms with Crippen LogP contribution in [-0.2, 0) is 0 Å². The van der Waals surface area contributed by atoms with Gasteiger partial charge in [0.05, 0.1) is 10.9 Å². The van der Waals surface area contributed by atoms with E-state index in [4.69, 9.17) is 0 Å². The zero-order valence-corrected chi connectivity index (χ0v) is 12.2. The monoisotopic (exact) mass is 276 g/mol. The molecular weight excluding hydrogens is 256 g/mol. The molecule has 0 unspecified atom stereocenters. The third-order valence-corrected chi connectivity index (χ3v) is 2.72. The molecule has 0 aliphatic heterocycles. The topological polar surface area (TPSA) is 77.8 Å². The molecule has 20 heavy (non-hydrogen) atoms. The highest BCUT2D eigenvalue weighted by atomic mass is 16.3. The van der Waals surface area contributed by atoms with Crippen LogP contribution in [0.5, 0.6) is 17.2 Å². The Kier molecular flexibility index (Phi) is 4.97. The molecule has 0 bridgehead atoms. The van der Waals surface area contributed by atoms with Gasteiger partial charge in [0.1, 0.15) is 17.2 Å². The largest absolute Gasteiger partial charge is 0.508 e. The van der Waals surface area contributed by atoms with Crippen molar-refractivity contribution >= 4 is 16.6 Å². The van der Waals surface area contributed by atoms with Crippen LogP contribution in [0.15, 0.2) is 18.2 Å². The van der Waals surface area contributed by atoms with Gasteiger partial charge >= 0.3 is 0 Å². The number of hydrogen-bond donors (Lipinski definition) is 3. The van der Waals surface area contributed by atoms with Crippen molar-refractivity contribution in [1.82, 2.24) is 0 Å². The SMILES string of the molecule is CC(=O)c1c(C)cc2cc(O)cc(O)c2c1O.CCC. The van der Waals surface area contributed by atoms with E-state index in [1.54, 1.807) is 13.0 Å². The summed E-state index contributed by atoms with van der Waals surface area (Å²) in [7, 11) is 0. The number of phenols is 3. The molecule has 4 heteroatoms. The Morgan fingerprint density at radius 1 is 1.10 bits per heavy atom. The lowest BCUT2D eigenvalue weighted by atomic mass is 9.97. The predicted molar refractivity (Wildman–Crippen MR) is 79.6 cm³/mol. The highest BCUT2D eigenvalue weighted by Crippen LogP contribution is 2.39. The number of aryl methyl sites for hydroxylation is 1. The summed E-state index contributed by atoms with van der Waals surface area (Å²) < 4.78 is 0. The minimum Gasteiger partial charge on any atom is -0.508 e. The molecule has 0 aliphatic rings. The minimum absolute atomic E-state index is 0.0932. The van der Waals surface area contributed by atoms with E-state index in [2.05, 4.69) is 13.8 Å². The summed E-state index contributed by atoms with van der Waals surface area (Å²) >= 11 is 0. The second kappa shape index (κ2) is 6.28. The van der Waals surface area contributed by atoms with Gasteiger partial charge in [0.25, 0.3) is 0 Å². The molecule has 0 amide bonds. The molecule has 2 aromatic rings. The second-order valence-corrected chi connectivity index (χ2v) is 4.74. The first kappa shape index (κ1) is 15.8. The Morgan fingerprint density at radius 2 is 1.65 bits per heavy atom. The van der Waals surface area contributed by atoms with E-state index >= 15 is 0 Å². The predicted octanol–water partition coefficient (Wildman–Crippen LogP) is 3.88. The van der Waals surface area contributed by atoms with E-state index < -0.39 is 0 Å². The molecular formula is C16H20O4. The summed E-state index contributed by atoms with van der Waals surface area (Å²) in [6.07, 6.45) is 1.25. The molecule has 0 radical (unpaired) electrons. The number of ketones is 1. The molecule has 0 heterocycles. The maximum absolute atomic E-state index is 11.4. The zero-order valence-electron chi connectivity index (χ0n) is 12.2. The van der Waals surface area contributed by atoms with E-state index in [0.29, 0.717) is 10.9 Å². The fourth-order valence-corrected chi connectivity index (χ4v) is 2.07. The first-order valence-corrected chi connectivity index (χ1v) is 6.52. The number of phenolic OH excluding ortho intramolecular Hbond substituents is 3. The van der Waals surface area contributed by atoms with Crippen LogP contribution in [0.1, 0.15) is 43.1 Å². The normalized spacial score (nSPS) is 10.0. The second-order valence-electron chi connectivity index (χ2n) is 4.74. The first-order chi connectivity index (χ1) is 9.33. The lowest BCUT2D eigenvalue weighted by Crippen LogP contribution is -1.97. The molecule has 0 fully saturated rings. The molecule has 4 nitrogen and oxygen atoms in total. The summed E-state index contributed by atoms with van der Waals surface area (Å²) in [5, 5.41) is 29.7. The molecule has 108 valence electrons. The Bertz CT molecular complexity index is 645. The number of carbonyl (C=O) groups excluding carboxylic acids is 1. The number of rotatable bonds is 1. The van der Waals surface area contributed by atoms with Gasteiger partial charge in [-0.3, -0.25) is 4.79 Å². The van der Waals surface area contributed by atoms with Crippen molar-refractivity contribution in [3.63, 3.8) is 0 Å². The smallest absolute Gasteiger partial charge is 0.163 e. The van der Waals surface area contributed by atoms with Gasteiger partial charge in [-0.05, 0) is 30.9 Å². The van der Waals surface area contributed by atoms with E-state index in [1.165, 1.54) is 19.4 Å². The van der Waals surface area contributed by atoms with Crippen LogP contribution in [0.4, 0.5) is 0 Å². The van der Waals surface area contributed by atoms with Gasteiger partial charge in [-0.2, -0.15) is 0 Å². The van der Waals surface area contributed by atoms with Crippen molar-refractivity contribution in [2.75, 3.05) is 0 Å². The third kappa shape index (κ3) is 3.02. The van der Waals surface area contributed by atoms with Crippen LogP contribution >= 0.6 is 0 Å². The van der Waals surface area contributed by atoms with Gasteiger partial charge in [0.2, 0.25) is 0 Å². The maximum Gasteiger partial charge on any atom is 0.163 e. The average Bonchev–Trinajstić information content (AvgIpc) is 2.27. The molecule has 2 aromatic carbocycles. The Hall–Kier alpha value is -2.23. The molecule has 0 aromatic heterocycles. The van der Waals surface area contributed by atoms with Crippen molar-refractivity contribution in [2.24, 2.45) is 0 Å². The van der Waals surface area contributed by atoms with Crippen molar-refractivity contribution < 1.29 is 20.1 Å². The minimum atomic E-state index is -0.269. The summed E-state index contributed by atoms with van der Waals surface area (Å²) in [5.74, 6) is -0.858. The lowest BCUT2D eigenvalue weighted by molar-refractivity contribution is 0.101.